The summed E-state index contributed by atoms with van der Waals surface area (Å²) in [7, 11) is -1.36. The van der Waals surface area contributed by atoms with Gasteiger partial charge < -0.3 is 19.3 Å². The number of carbonyl (C=O) groups excluding carboxylic acids is 2. The van der Waals surface area contributed by atoms with Crippen molar-refractivity contribution in [1.29, 1.82) is 0 Å². The van der Waals surface area contributed by atoms with E-state index in [0.29, 0.717) is 44.2 Å². The van der Waals surface area contributed by atoms with Crippen molar-refractivity contribution in [3.63, 3.8) is 0 Å². The second-order valence-corrected chi connectivity index (χ2v) is 9.91. The van der Waals surface area contributed by atoms with Gasteiger partial charge in [-0.05, 0) is 24.1 Å². The first-order chi connectivity index (χ1) is 13.3. The average molecular weight is 408 g/mol. The lowest BCUT2D eigenvalue weighted by Gasteiger charge is -2.25. The van der Waals surface area contributed by atoms with E-state index in [0.717, 1.165) is 5.56 Å². The Bertz CT molecular complexity index is 900. The smallest absolute Gasteiger partial charge is 0.228 e. The van der Waals surface area contributed by atoms with E-state index < -0.39 is 15.8 Å². The van der Waals surface area contributed by atoms with Crippen LogP contribution in [0.2, 0.25) is 0 Å². The molecule has 2 saturated heterocycles. The molecule has 9 heteroatoms. The lowest BCUT2D eigenvalue weighted by Crippen LogP contribution is -2.39. The lowest BCUT2D eigenvalue weighted by molar-refractivity contribution is -0.135. The Kier molecular flexibility index (Phi) is 4.95. The maximum atomic E-state index is 12.8. The molecule has 0 bridgehead atoms. The van der Waals surface area contributed by atoms with Crippen LogP contribution in [0.5, 0.6) is 11.5 Å². The quantitative estimate of drug-likeness (QED) is 0.718. The Morgan fingerprint density at radius 1 is 1.25 bits per heavy atom. The van der Waals surface area contributed by atoms with Crippen molar-refractivity contribution >= 4 is 21.7 Å². The summed E-state index contributed by atoms with van der Waals surface area (Å²) in [6.07, 6.45) is 0.600. The number of hydrogen-bond donors (Lipinski definition) is 0. The van der Waals surface area contributed by atoms with Crippen LogP contribution in [-0.2, 0) is 26.0 Å². The maximum Gasteiger partial charge on any atom is 0.228 e. The number of nitrogens with zero attached hydrogens (tertiary/aromatic N) is 2. The summed E-state index contributed by atoms with van der Waals surface area (Å²) >= 11 is 0. The number of hydrogen-bond acceptors (Lipinski definition) is 6. The molecule has 0 radical (unpaired) electrons. The van der Waals surface area contributed by atoms with Gasteiger partial charge >= 0.3 is 0 Å². The minimum atomic E-state index is -3.07. The number of carbonyl (C=O) groups is 2. The summed E-state index contributed by atoms with van der Waals surface area (Å²) < 4.78 is 34.5. The number of sulfone groups is 1. The van der Waals surface area contributed by atoms with Crippen molar-refractivity contribution in [1.82, 2.24) is 9.80 Å². The molecular weight excluding hydrogens is 384 g/mol. The van der Waals surface area contributed by atoms with E-state index in [1.54, 1.807) is 16.8 Å². The number of fused-ring (bicyclic) bond motifs is 1. The molecule has 28 heavy (non-hydrogen) atoms. The molecule has 152 valence electrons. The fourth-order valence-electron chi connectivity index (χ4n) is 4.12. The van der Waals surface area contributed by atoms with Crippen LogP contribution >= 0.6 is 0 Å². The summed E-state index contributed by atoms with van der Waals surface area (Å²) in [6.45, 7) is 1.72. The highest BCUT2D eigenvalue weighted by Gasteiger charge is 2.42. The summed E-state index contributed by atoms with van der Waals surface area (Å²) in [6, 6.07) is 5.31. The van der Waals surface area contributed by atoms with E-state index in [-0.39, 0.29) is 35.8 Å². The molecule has 0 aromatic heterocycles. The first-order valence-electron chi connectivity index (χ1n) is 9.46. The molecule has 3 aliphatic heterocycles. The fraction of sp³-hybridized carbons (Fsp3) is 0.579. The second-order valence-electron chi connectivity index (χ2n) is 7.68. The first-order valence-corrected chi connectivity index (χ1v) is 11.3. The van der Waals surface area contributed by atoms with Crippen molar-refractivity contribution < 1.29 is 27.5 Å². The summed E-state index contributed by atoms with van der Waals surface area (Å²) in [5.74, 6) is 0.830. The van der Waals surface area contributed by atoms with Crippen LogP contribution in [0.4, 0.5) is 0 Å². The molecule has 0 aliphatic carbocycles. The molecule has 1 aromatic carbocycles. The summed E-state index contributed by atoms with van der Waals surface area (Å²) in [4.78, 5) is 28.4. The molecule has 2 amide bonds. The highest BCUT2D eigenvalue weighted by Crippen LogP contribution is 2.32. The van der Waals surface area contributed by atoms with Gasteiger partial charge in [-0.15, -0.1) is 0 Å². The van der Waals surface area contributed by atoms with E-state index in [4.69, 9.17) is 9.47 Å². The van der Waals surface area contributed by atoms with Gasteiger partial charge in [0.2, 0.25) is 11.8 Å². The SMILES string of the molecule is CN(Cc1ccc2c(c1)OCCO2)C(=O)[C@@H]1CC(=O)N([C@H]2CCS(=O)(=O)C2)C1. The predicted molar refractivity (Wildman–Crippen MR) is 101 cm³/mol. The fourth-order valence-corrected chi connectivity index (χ4v) is 5.85. The highest BCUT2D eigenvalue weighted by molar-refractivity contribution is 7.91. The standard InChI is InChI=1S/C19H24N2O6S/c1-20(10-13-2-3-16-17(8-13)27-6-5-26-16)19(23)14-9-18(22)21(11-14)15-4-7-28(24,25)12-15/h2-3,8,14-15H,4-7,9-12H2,1H3/t14-,15+/m1/s1. The Labute approximate surface area is 164 Å². The zero-order chi connectivity index (χ0) is 19.9. The second kappa shape index (κ2) is 7.27. The number of ether oxygens (including phenoxy) is 2. The van der Waals surface area contributed by atoms with Gasteiger partial charge in [-0.1, -0.05) is 6.07 Å². The van der Waals surface area contributed by atoms with Crippen LogP contribution in [0.1, 0.15) is 18.4 Å². The normalized spacial score (nSPS) is 25.8. The Balaban J connectivity index is 1.38. The molecule has 3 heterocycles. The molecule has 0 spiro atoms. The predicted octanol–water partition coefficient (Wildman–Crippen LogP) is 0.452. The zero-order valence-corrected chi connectivity index (χ0v) is 16.6. The minimum Gasteiger partial charge on any atom is -0.486 e. The molecule has 2 fully saturated rings. The topological polar surface area (TPSA) is 93.2 Å². The van der Waals surface area contributed by atoms with Gasteiger partial charge in [0.05, 0.1) is 17.4 Å². The molecule has 4 rings (SSSR count). The molecule has 0 unspecified atom stereocenters. The van der Waals surface area contributed by atoms with Crippen LogP contribution < -0.4 is 9.47 Å². The van der Waals surface area contributed by atoms with Crippen molar-refractivity contribution in [2.45, 2.75) is 25.4 Å². The molecule has 8 nitrogen and oxygen atoms in total. The van der Waals surface area contributed by atoms with Crippen molar-refractivity contribution in [2.24, 2.45) is 5.92 Å². The van der Waals surface area contributed by atoms with Gasteiger partial charge in [0.1, 0.15) is 13.2 Å². The van der Waals surface area contributed by atoms with E-state index in [1.165, 1.54) is 0 Å². The molecule has 1 aromatic rings. The van der Waals surface area contributed by atoms with Crippen LogP contribution in [0, 0.1) is 5.92 Å². The van der Waals surface area contributed by atoms with Gasteiger partial charge in [-0.3, -0.25) is 9.59 Å². The van der Waals surface area contributed by atoms with Crippen molar-refractivity contribution in [3.05, 3.63) is 23.8 Å². The average Bonchev–Trinajstić information content (AvgIpc) is 3.22. The van der Waals surface area contributed by atoms with E-state index in [9.17, 15) is 18.0 Å². The summed E-state index contributed by atoms with van der Waals surface area (Å²) in [5, 5.41) is 0. The number of amides is 2. The Morgan fingerprint density at radius 3 is 2.71 bits per heavy atom. The highest BCUT2D eigenvalue weighted by atomic mass is 32.2. The number of likely N-dealkylation sites (tertiary alicyclic amines) is 1. The van der Waals surface area contributed by atoms with E-state index >= 15 is 0 Å². The van der Waals surface area contributed by atoms with Gasteiger partial charge in [0.25, 0.3) is 0 Å². The van der Waals surface area contributed by atoms with Crippen LogP contribution in [0.3, 0.4) is 0 Å². The van der Waals surface area contributed by atoms with Crippen LogP contribution in [0.15, 0.2) is 18.2 Å². The molecule has 2 atom stereocenters. The molecule has 0 saturated carbocycles. The monoisotopic (exact) mass is 408 g/mol. The molecule has 3 aliphatic rings. The van der Waals surface area contributed by atoms with Gasteiger partial charge in [-0.25, -0.2) is 8.42 Å². The minimum absolute atomic E-state index is 0.00663. The Morgan fingerprint density at radius 2 is 2.00 bits per heavy atom. The number of benzene rings is 1. The molecular formula is C19H24N2O6S. The van der Waals surface area contributed by atoms with E-state index in [1.807, 2.05) is 18.2 Å². The largest absolute Gasteiger partial charge is 0.486 e. The zero-order valence-electron chi connectivity index (χ0n) is 15.8. The van der Waals surface area contributed by atoms with E-state index in [2.05, 4.69) is 0 Å². The lowest BCUT2D eigenvalue weighted by atomic mass is 10.1. The van der Waals surface area contributed by atoms with Crippen molar-refractivity contribution in [3.8, 4) is 11.5 Å². The third kappa shape index (κ3) is 3.80. The van der Waals surface area contributed by atoms with Gasteiger partial charge in [0.15, 0.2) is 21.3 Å². The van der Waals surface area contributed by atoms with Gasteiger partial charge in [0, 0.05) is 32.6 Å². The van der Waals surface area contributed by atoms with Crippen LogP contribution in [0.25, 0.3) is 0 Å². The van der Waals surface area contributed by atoms with Crippen molar-refractivity contribution in [2.75, 3.05) is 38.3 Å². The summed E-state index contributed by atoms with van der Waals surface area (Å²) in [5.41, 5.74) is 0.920. The first kappa shape index (κ1) is 19.0. The van der Waals surface area contributed by atoms with Crippen LogP contribution in [-0.4, -0.2) is 74.4 Å². The molecule has 0 N–H and O–H groups in total. The van der Waals surface area contributed by atoms with Gasteiger partial charge in [-0.2, -0.15) is 0 Å². The third-order valence-corrected chi connectivity index (χ3v) is 7.31. The number of rotatable bonds is 4. The maximum absolute atomic E-state index is 12.8. The Hall–Kier alpha value is -2.29. The third-order valence-electron chi connectivity index (χ3n) is 5.56.